The molecule has 1 aromatic heterocycles. The summed E-state index contributed by atoms with van der Waals surface area (Å²) in [5.74, 6) is 0.655. The van der Waals surface area contributed by atoms with Crippen molar-refractivity contribution in [2.75, 3.05) is 16.8 Å². The second-order valence-electron chi connectivity index (χ2n) is 13.3. The Balaban J connectivity index is 0.997. The summed E-state index contributed by atoms with van der Waals surface area (Å²) in [6.45, 7) is 0.440. The van der Waals surface area contributed by atoms with Crippen LogP contribution < -0.4 is 16.4 Å². The number of carbonyl (C=O) groups excluding carboxylic acids is 2. The third-order valence-electron chi connectivity index (χ3n) is 9.27. The number of amides is 2. The zero-order valence-corrected chi connectivity index (χ0v) is 30.8. The quantitative estimate of drug-likeness (QED) is 0.0460. The maximum absolute atomic E-state index is 12.6. The van der Waals surface area contributed by atoms with Crippen LogP contribution in [0.1, 0.15) is 73.2 Å². The molecule has 0 aliphatic carbocycles. The van der Waals surface area contributed by atoms with Gasteiger partial charge in [0.1, 0.15) is 0 Å². The highest BCUT2D eigenvalue weighted by molar-refractivity contribution is 7.99. The third kappa shape index (κ3) is 10.8. The minimum absolute atomic E-state index is 0.00131. The Kier molecular flexibility index (Phi) is 13.3. The van der Waals surface area contributed by atoms with E-state index in [2.05, 4.69) is 52.0 Å². The van der Waals surface area contributed by atoms with Gasteiger partial charge in [-0.2, -0.15) is 0 Å². The SMILES string of the molecule is Cn1ccnc1SCC1CC(c2ccc(CO)cc2)OC(c2ccc(-c3cccc(CNC(=O)CCCCCC(=O)Nc4ccccc4N)c3)cc2)O1. The van der Waals surface area contributed by atoms with E-state index in [1.165, 1.54) is 0 Å². The summed E-state index contributed by atoms with van der Waals surface area (Å²) in [5.41, 5.74) is 13.0. The lowest BCUT2D eigenvalue weighted by molar-refractivity contribution is -0.245. The van der Waals surface area contributed by atoms with E-state index >= 15 is 0 Å². The summed E-state index contributed by atoms with van der Waals surface area (Å²) >= 11 is 1.67. The van der Waals surface area contributed by atoms with Crippen molar-refractivity contribution in [1.82, 2.24) is 14.9 Å². The number of nitrogens with two attached hydrogens (primary N) is 1. The van der Waals surface area contributed by atoms with Crippen LogP contribution in [0, 0.1) is 0 Å². The zero-order chi connectivity index (χ0) is 37.0. The van der Waals surface area contributed by atoms with Crippen LogP contribution in [-0.2, 0) is 39.3 Å². The van der Waals surface area contributed by atoms with Crippen LogP contribution >= 0.6 is 11.8 Å². The lowest BCUT2D eigenvalue weighted by Crippen LogP contribution is -2.31. The Hall–Kier alpha value is -4.94. The topological polar surface area (TPSA) is 141 Å². The number of unbranched alkanes of at least 4 members (excludes halogenated alkanes) is 2. The van der Waals surface area contributed by atoms with E-state index in [0.717, 1.165) is 50.7 Å². The first-order valence-electron chi connectivity index (χ1n) is 18.1. The van der Waals surface area contributed by atoms with Crippen LogP contribution in [0.4, 0.5) is 11.4 Å². The maximum Gasteiger partial charge on any atom is 0.224 e. The average molecular weight is 734 g/mol. The molecule has 6 rings (SSSR count). The van der Waals surface area contributed by atoms with Crippen LogP contribution in [0.2, 0.25) is 0 Å². The van der Waals surface area contributed by atoms with Gasteiger partial charge in [0.05, 0.1) is 30.2 Å². The molecule has 3 unspecified atom stereocenters. The van der Waals surface area contributed by atoms with Crippen molar-refractivity contribution < 1.29 is 24.2 Å². The van der Waals surface area contributed by atoms with Crippen LogP contribution in [0.3, 0.4) is 0 Å². The average Bonchev–Trinajstić information content (AvgIpc) is 3.61. The first-order valence-corrected chi connectivity index (χ1v) is 19.0. The van der Waals surface area contributed by atoms with E-state index < -0.39 is 6.29 Å². The fourth-order valence-corrected chi connectivity index (χ4v) is 7.18. The maximum atomic E-state index is 12.6. The fourth-order valence-electron chi connectivity index (χ4n) is 6.24. The third-order valence-corrected chi connectivity index (χ3v) is 10.5. The van der Waals surface area contributed by atoms with Gasteiger partial charge in [-0.25, -0.2) is 4.98 Å². The molecule has 4 aromatic carbocycles. The van der Waals surface area contributed by atoms with Crippen LogP contribution in [-0.4, -0.2) is 38.3 Å². The fraction of sp³-hybridized carbons (Fsp3) is 0.310. The number of aromatic nitrogens is 2. The molecule has 1 aliphatic heterocycles. The number of benzene rings is 4. The molecule has 1 fully saturated rings. The Morgan fingerprint density at radius 3 is 2.36 bits per heavy atom. The van der Waals surface area contributed by atoms with E-state index in [-0.39, 0.29) is 30.6 Å². The number of nitrogens with one attached hydrogen (secondary N) is 2. The Morgan fingerprint density at radius 1 is 0.868 bits per heavy atom. The lowest BCUT2D eigenvalue weighted by Gasteiger charge is -2.36. The predicted molar refractivity (Wildman–Crippen MR) is 209 cm³/mol. The molecule has 53 heavy (non-hydrogen) atoms. The van der Waals surface area contributed by atoms with Gasteiger partial charge in [0, 0.05) is 56.6 Å². The molecule has 0 saturated carbocycles. The van der Waals surface area contributed by atoms with Crippen molar-refractivity contribution in [1.29, 1.82) is 0 Å². The first-order chi connectivity index (χ1) is 25.8. The van der Waals surface area contributed by atoms with Crippen LogP contribution in [0.5, 0.6) is 0 Å². The molecule has 1 aliphatic rings. The number of aryl methyl sites for hydroxylation is 1. The summed E-state index contributed by atoms with van der Waals surface area (Å²) in [6, 6.07) is 31.5. The number of aliphatic hydroxyl groups is 1. The minimum Gasteiger partial charge on any atom is -0.397 e. The van der Waals surface area contributed by atoms with Gasteiger partial charge in [0.15, 0.2) is 11.4 Å². The first kappa shape index (κ1) is 37.8. The molecule has 1 saturated heterocycles. The van der Waals surface area contributed by atoms with Gasteiger partial charge < -0.3 is 35.5 Å². The van der Waals surface area contributed by atoms with Crippen LogP contribution in [0.25, 0.3) is 11.1 Å². The van der Waals surface area contributed by atoms with Crippen LogP contribution in [0.15, 0.2) is 115 Å². The molecule has 0 bridgehead atoms. The molecule has 0 radical (unpaired) electrons. The van der Waals surface area contributed by atoms with Crippen molar-refractivity contribution in [3.05, 3.63) is 132 Å². The van der Waals surface area contributed by atoms with Gasteiger partial charge in [-0.1, -0.05) is 97.0 Å². The molecular formula is C42H47N5O5S. The van der Waals surface area contributed by atoms with Crippen molar-refractivity contribution >= 4 is 35.0 Å². The molecule has 10 nitrogen and oxygen atoms in total. The molecule has 5 N–H and O–H groups in total. The minimum atomic E-state index is -0.542. The smallest absolute Gasteiger partial charge is 0.224 e. The van der Waals surface area contributed by atoms with Crippen molar-refractivity contribution in [3.8, 4) is 11.1 Å². The van der Waals surface area contributed by atoms with Gasteiger partial charge in [0.2, 0.25) is 11.8 Å². The van der Waals surface area contributed by atoms with Gasteiger partial charge in [-0.05, 0) is 58.9 Å². The molecule has 3 atom stereocenters. The molecule has 0 spiro atoms. The van der Waals surface area contributed by atoms with E-state index in [4.69, 9.17) is 15.2 Å². The molecule has 276 valence electrons. The number of nitrogens with zero attached hydrogens (tertiary/aromatic N) is 2. The number of ether oxygens (including phenoxy) is 2. The zero-order valence-electron chi connectivity index (χ0n) is 29.9. The van der Waals surface area contributed by atoms with Gasteiger partial charge in [-0.3, -0.25) is 9.59 Å². The van der Waals surface area contributed by atoms with Crippen molar-refractivity contribution in [3.63, 3.8) is 0 Å². The lowest BCUT2D eigenvalue weighted by atomic mass is 9.99. The van der Waals surface area contributed by atoms with Crippen molar-refractivity contribution in [2.45, 2.75) is 75.3 Å². The highest BCUT2D eigenvalue weighted by atomic mass is 32.2. The number of anilines is 2. The predicted octanol–water partition coefficient (Wildman–Crippen LogP) is 7.70. The van der Waals surface area contributed by atoms with Gasteiger partial charge >= 0.3 is 0 Å². The molecule has 2 amide bonds. The number of hydrogen-bond donors (Lipinski definition) is 4. The summed E-state index contributed by atoms with van der Waals surface area (Å²) < 4.78 is 15.1. The highest BCUT2D eigenvalue weighted by Crippen LogP contribution is 2.39. The summed E-state index contributed by atoms with van der Waals surface area (Å²) in [6.07, 6.45) is 6.69. The normalized spacial score (nSPS) is 17.0. The number of nitrogen functional groups attached to an aromatic ring is 1. The number of aliphatic hydroxyl groups excluding tert-OH is 1. The molecular weight excluding hydrogens is 687 g/mol. The Bertz CT molecular complexity index is 1950. The number of hydrogen-bond acceptors (Lipinski definition) is 8. The van der Waals surface area contributed by atoms with Gasteiger partial charge in [-0.15, -0.1) is 0 Å². The monoisotopic (exact) mass is 733 g/mol. The molecule has 11 heteroatoms. The number of carbonyl (C=O) groups is 2. The number of thioether (sulfide) groups is 1. The van der Waals surface area contributed by atoms with Crippen molar-refractivity contribution in [2.24, 2.45) is 7.05 Å². The highest BCUT2D eigenvalue weighted by Gasteiger charge is 2.32. The van der Waals surface area contributed by atoms with E-state index in [0.29, 0.717) is 50.0 Å². The summed E-state index contributed by atoms with van der Waals surface area (Å²) in [4.78, 5) is 29.3. The molecule has 2 heterocycles. The second-order valence-corrected chi connectivity index (χ2v) is 14.3. The summed E-state index contributed by atoms with van der Waals surface area (Å²) in [5, 5.41) is 16.3. The van der Waals surface area contributed by atoms with E-state index in [1.807, 2.05) is 66.3 Å². The number of imidazole rings is 1. The Morgan fingerprint density at radius 2 is 1.62 bits per heavy atom. The summed E-state index contributed by atoms with van der Waals surface area (Å²) in [7, 11) is 1.99. The van der Waals surface area contributed by atoms with Gasteiger partial charge in [0.25, 0.3) is 0 Å². The van der Waals surface area contributed by atoms with E-state index in [9.17, 15) is 14.7 Å². The van der Waals surface area contributed by atoms with E-state index in [1.54, 1.807) is 30.1 Å². The number of rotatable bonds is 16. The largest absolute Gasteiger partial charge is 0.397 e. The second kappa shape index (κ2) is 18.7. The number of para-hydroxylation sites is 2. The molecule has 5 aromatic rings. The Labute approximate surface area is 315 Å². The standard InChI is InChI=1S/C42H47N5O5S/c1-47-23-22-44-42(47)53-28-35-25-38(32-16-14-29(27-48)15-17-32)52-41(51-35)33-20-18-31(19-21-33)34-9-7-8-30(24-34)26-45-39(49)12-3-2-4-13-40(50)46-37-11-6-5-10-36(37)43/h5-11,14-24,35,38,41,48H,2-4,12-13,25-28,43H2,1H3,(H,45,49)(H,46,50).